The van der Waals surface area contributed by atoms with E-state index in [-0.39, 0.29) is 35.6 Å². The van der Waals surface area contributed by atoms with Gasteiger partial charge in [0.2, 0.25) is 0 Å². The zero-order valence-corrected chi connectivity index (χ0v) is 35.2. The number of rotatable bonds is 4. The van der Waals surface area contributed by atoms with Crippen molar-refractivity contribution in [2.24, 2.45) is 11.3 Å². The molecule has 0 aliphatic heterocycles. The van der Waals surface area contributed by atoms with E-state index in [1.165, 1.54) is 89.7 Å². The van der Waals surface area contributed by atoms with Crippen molar-refractivity contribution in [1.82, 2.24) is 0 Å². The molecule has 5 aromatic rings. The van der Waals surface area contributed by atoms with Crippen LogP contribution in [0.3, 0.4) is 0 Å². The predicted molar refractivity (Wildman–Crippen MR) is 204 cm³/mol. The fraction of sp³-hybridized carbons (Fsp3) is 0.348. The molecule has 1 aliphatic rings. The van der Waals surface area contributed by atoms with Crippen LogP contribution in [0.25, 0.3) is 21.5 Å². The zero-order valence-electron chi connectivity index (χ0n) is 31.2. The van der Waals surface area contributed by atoms with Gasteiger partial charge in [-0.05, 0) is 10.8 Å². The Hall–Kier alpha value is -2.44. The molecule has 5 aromatic carbocycles. The van der Waals surface area contributed by atoms with Crippen molar-refractivity contribution in [3.63, 3.8) is 0 Å². The minimum atomic E-state index is 0. The Kier molecular flexibility index (Phi) is 15.8. The molecule has 0 nitrogen and oxygen atoms in total. The minimum absolute atomic E-state index is 0. The van der Waals surface area contributed by atoms with Crippen LogP contribution < -0.4 is 24.8 Å². The van der Waals surface area contributed by atoms with Gasteiger partial charge in [-0.3, -0.25) is 6.08 Å². The van der Waals surface area contributed by atoms with E-state index in [1.54, 1.807) is 0 Å². The molecule has 3 heteroatoms. The first kappa shape index (κ1) is 42.7. The standard InChI is InChI=1S/C21H25.C13H10.C12H19.2ClH.Zr/c1-20(2,3)16-9-7-14-11-15-8-10-17(21(4,5)6)13-19(15)18(14)12-16;1-3-7-12(8-4-1)11-13-9-5-2-6-10-13;1-5-6-10-7-8-11(9-10)12(2,3)4;;;/h7-13H,1-6H3;1-10H;8-10H,5-6H2,1-4H3;2*1H;/q-1;;-1;;;+2/p-2. The molecule has 0 bridgehead atoms. The van der Waals surface area contributed by atoms with Crippen LogP contribution in [0.4, 0.5) is 0 Å². The van der Waals surface area contributed by atoms with Crippen LogP contribution in [0.2, 0.25) is 0 Å². The van der Waals surface area contributed by atoms with E-state index in [2.05, 4.69) is 191 Å². The number of hydrogen-bond acceptors (Lipinski definition) is 0. The Morgan fingerprint density at radius 1 is 0.633 bits per heavy atom. The van der Waals surface area contributed by atoms with Crippen molar-refractivity contribution in [3.8, 4) is 0 Å². The van der Waals surface area contributed by atoms with Gasteiger partial charge in [0.25, 0.3) is 0 Å². The van der Waals surface area contributed by atoms with Crippen LogP contribution in [0.1, 0.15) is 104 Å². The van der Waals surface area contributed by atoms with Crippen molar-refractivity contribution in [2.75, 3.05) is 0 Å². The van der Waals surface area contributed by atoms with Gasteiger partial charge in [0.15, 0.2) is 0 Å². The third kappa shape index (κ3) is 11.8. The van der Waals surface area contributed by atoms with Gasteiger partial charge >= 0.3 is 99.2 Å². The van der Waals surface area contributed by atoms with Gasteiger partial charge in [0, 0.05) is 0 Å². The quantitative estimate of drug-likeness (QED) is 0.176. The van der Waals surface area contributed by atoms with Gasteiger partial charge in [0.1, 0.15) is 0 Å². The molecule has 1 unspecified atom stereocenters. The second-order valence-electron chi connectivity index (χ2n) is 15.9. The maximum absolute atomic E-state index is 3.40. The summed E-state index contributed by atoms with van der Waals surface area (Å²) in [6.45, 7) is 22.7. The molecule has 6 rings (SSSR count). The number of hydrogen-bond donors (Lipinski definition) is 0. The van der Waals surface area contributed by atoms with E-state index in [0.717, 1.165) is 0 Å². The summed E-state index contributed by atoms with van der Waals surface area (Å²) in [5.41, 5.74) is 7.61. The normalized spacial score (nSPS) is 14.1. The molecule has 1 aliphatic carbocycles. The van der Waals surface area contributed by atoms with Crippen molar-refractivity contribution >= 4 is 24.8 Å². The van der Waals surface area contributed by atoms with Crippen LogP contribution in [0.15, 0.2) is 121 Å². The Morgan fingerprint density at radius 3 is 1.41 bits per heavy atom. The maximum atomic E-state index is 3.40. The average molecular weight is 769 g/mol. The Morgan fingerprint density at radius 2 is 1.06 bits per heavy atom. The molecule has 0 saturated heterocycles. The molecule has 0 saturated carbocycles. The molecule has 0 fully saturated rings. The number of fused-ring (bicyclic) bond motifs is 3. The summed E-state index contributed by atoms with van der Waals surface area (Å²) >= 11 is 1.46. The summed E-state index contributed by atoms with van der Waals surface area (Å²) in [7, 11) is 0. The van der Waals surface area contributed by atoms with E-state index in [4.69, 9.17) is 0 Å². The van der Waals surface area contributed by atoms with E-state index in [0.29, 0.717) is 11.3 Å². The first-order valence-corrected chi connectivity index (χ1v) is 18.5. The number of halogens is 2. The average Bonchev–Trinajstić information content (AvgIpc) is 3.66. The van der Waals surface area contributed by atoms with Crippen molar-refractivity contribution in [1.29, 1.82) is 0 Å². The molecule has 0 spiro atoms. The molecule has 0 amide bonds. The third-order valence-corrected chi connectivity index (χ3v) is 10.3. The molecule has 0 N–H and O–H groups in total. The van der Waals surface area contributed by atoms with Crippen LogP contribution >= 0.6 is 0 Å². The fourth-order valence-corrected chi connectivity index (χ4v) is 6.58. The second kappa shape index (κ2) is 18.2. The van der Waals surface area contributed by atoms with Crippen molar-refractivity contribution < 1.29 is 49.0 Å². The van der Waals surface area contributed by atoms with Gasteiger partial charge in [-0.25, -0.2) is 6.08 Å². The number of allylic oxidation sites excluding steroid dienone is 4. The Balaban J connectivity index is 0.000000262. The first-order valence-electron chi connectivity index (χ1n) is 17.2. The molecule has 0 radical (unpaired) electrons. The number of benzene rings is 4. The van der Waals surface area contributed by atoms with E-state index in [9.17, 15) is 0 Å². The van der Waals surface area contributed by atoms with Gasteiger partial charge in [0.05, 0.1) is 0 Å². The molecule has 258 valence electrons. The summed E-state index contributed by atoms with van der Waals surface area (Å²) in [5, 5.41) is 5.49. The monoisotopic (exact) mass is 766 g/mol. The van der Waals surface area contributed by atoms with E-state index < -0.39 is 0 Å². The molecule has 1 atom stereocenters. The predicted octanol–water partition coefficient (Wildman–Crippen LogP) is 6.87. The Labute approximate surface area is 325 Å². The van der Waals surface area contributed by atoms with Crippen LogP contribution in [0.5, 0.6) is 0 Å². The van der Waals surface area contributed by atoms with E-state index in [1.807, 2.05) is 0 Å². The van der Waals surface area contributed by atoms with Gasteiger partial charge in [-0.15, -0.1) is 39.7 Å². The topological polar surface area (TPSA) is 0 Å². The SMILES string of the molecule is CC(C)(C)c1ccc2[cH-]c3ccc(C(C)(C)C)cc3c2c1.CCCC1[C-]=CC(C(C)(C)C)=C1.[Cl-].[Cl-].[Zr+2]=[C](c1ccccc1)c1ccccc1. The van der Waals surface area contributed by atoms with Crippen LogP contribution in [-0.4, -0.2) is 3.21 Å². The summed E-state index contributed by atoms with van der Waals surface area (Å²) in [6.07, 6.45) is 10.4. The molecular weight excluding hydrogens is 715 g/mol. The summed E-state index contributed by atoms with van der Waals surface area (Å²) in [6, 6.07) is 37.3. The van der Waals surface area contributed by atoms with Gasteiger partial charge in [-0.1, -0.05) is 129 Å². The van der Waals surface area contributed by atoms with E-state index >= 15 is 0 Å². The van der Waals surface area contributed by atoms with Gasteiger partial charge in [-0.2, -0.15) is 11.6 Å². The molecule has 0 heterocycles. The van der Waals surface area contributed by atoms with Crippen molar-refractivity contribution in [3.05, 3.63) is 149 Å². The summed E-state index contributed by atoms with van der Waals surface area (Å²) < 4.78 is 1.42. The van der Waals surface area contributed by atoms with Crippen molar-refractivity contribution in [2.45, 2.75) is 92.9 Å². The first-order chi connectivity index (χ1) is 22.1. The fourth-order valence-electron chi connectivity index (χ4n) is 5.76. The molecular formula is C46H54Cl2Zr-2. The molecule has 49 heavy (non-hydrogen) atoms. The summed E-state index contributed by atoms with van der Waals surface area (Å²) in [4.78, 5) is 0. The zero-order chi connectivity index (χ0) is 34.4. The summed E-state index contributed by atoms with van der Waals surface area (Å²) in [5.74, 6) is 0.587. The molecule has 0 aromatic heterocycles. The van der Waals surface area contributed by atoms with Crippen LogP contribution in [-0.2, 0) is 35.1 Å². The van der Waals surface area contributed by atoms with Gasteiger partial charge < -0.3 is 24.8 Å². The third-order valence-electron chi connectivity index (χ3n) is 8.86. The van der Waals surface area contributed by atoms with Crippen LogP contribution in [0, 0.1) is 17.4 Å². The second-order valence-corrected chi connectivity index (χ2v) is 17.2. The Bertz CT molecular complexity index is 1730.